The number of amides is 1. The molecule has 0 bridgehead atoms. The third kappa shape index (κ3) is 4.99. The Balaban J connectivity index is 1.31. The second-order valence-corrected chi connectivity index (χ2v) is 7.07. The van der Waals surface area contributed by atoms with Crippen LogP contribution in [0.2, 0.25) is 0 Å². The molecule has 0 aliphatic heterocycles. The van der Waals surface area contributed by atoms with Gasteiger partial charge < -0.3 is 16.4 Å². The van der Waals surface area contributed by atoms with Gasteiger partial charge in [0.25, 0.3) is 5.56 Å². The molecule has 0 unspecified atom stereocenters. The summed E-state index contributed by atoms with van der Waals surface area (Å²) in [5, 5.41) is 6.52. The molecule has 0 fully saturated rings. The SMILES string of the molecule is Nc1ccccc1NC(=O)/C=C/c1ccc(NCCn2cnc3ccccc3c2=O)nc1. The fourth-order valence-corrected chi connectivity index (χ4v) is 3.14. The quantitative estimate of drug-likeness (QED) is 0.309. The Labute approximate surface area is 184 Å². The highest BCUT2D eigenvalue weighted by Crippen LogP contribution is 2.16. The Hall–Kier alpha value is -4.46. The highest BCUT2D eigenvalue weighted by atomic mass is 16.1. The molecule has 2 aromatic heterocycles. The molecule has 0 radical (unpaired) electrons. The number of anilines is 3. The summed E-state index contributed by atoms with van der Waals surface area (Å²) >= 11 is 0. The normalized spacial score (nSPS) is 11.0. The van der Waals surface area contributed by atoms with E-state index in [0.29, 0.717) is 41.2 Å². The van der Waals surface area contributed by atoms with E-state index in [2.05, 4.69) is 20.6 Å². The van der Waals surface area contributed by atoms with Gasteiger partial charge in [-0.25, -0.2) is 9.97 Å². The number of rotatable bonds is 7. The Morgan fingerprint density at radius 1 is 1.03 bits per heavy atom. The molecule has 0 aliphatic carbocycles. The van der Waals surface area contributed by atoms with Crippen molar-refractivity contribution in [3.63, 3.8) is 0 Å². The van der Waals surface area contributed by atoms with Crippen LogP contribution in [0.3, 0.4) is 0 Å². The number of nitrogens with one attached hydrogen (secondary N) is 2. The maximum atomic E-state index is 12.5. The molecule has 1 amide bonds. The summed E-state index contributed by atoms with van der Waals surface area (Å²) in [5.41, 5.74) is 8.30. The number of carbonyl (C=O) groups excluding carboxylic acids is 1. The number of pyridine rings is 1. The lowest BCUT2D eigenvalue weighted by molar-refractivity contribution is -0.111. The molecule has 2 aromatic carbocycles. The molecule has 0 saturated carbocycles. The molecule has 8 heteroatoms. The van der Waals surface area contributed by atoms with Crippen molar-refractivity contribution in [2.45, 2.75) is 6.54 Å². The first-order valence-corrected chi connectivity index (χ1v) is 10.1. The van der Waals surface area contributed by atoms with Gasteiger partial charge in [-0.1, -0.05) is 24.3 Å². The number of nitrogens with two attached hydrogens (primary N) is 1. The summed E-state index contributed by atoms with van der Waals surface area (Å²) in [6.07, 6.45) is 6.32. The van der Waals surface area contributed by atoms with E-state index in [1.165, 1.54) is 6.08 Å². The fraction of sp³-hybridized carbons (Fsp3) is 0.0833. The molecule has 4 N–H and O–H groups in total. The third-order valence-electron chi connectivity index (χ3n) is 4.82. The van der Waals surface area contributed by atoms with Crippen LogP contribution in [-0.4, -0.2) is 27.0 Å². The van der Waals surface area contributed by atoms with Crippen molar-refractivity contribution in [3.05, 3.63) is 95.2 Å². The van der Waals surface area contributed by atoms with E-state index < -0.39 is 0 Å². The first kappa shape index (κ1) is 20.8. The van der Waals surface area contributed by atoms with Gasteiger partial charge in [0.15, 0.2) is 0 Å². The minimum absolute atomic E-state index is 0.0682. The van der Waals surface area contributed by atoms with Gasteiger partial charge in [0.05, 0.1) is 28.6 Å². The van der Waals surface area contributed by atoms with Crippen molar-refractivity contribution in [2.75, 3.05) is 22.9 Å². The van der Waals surface area contributed by atoms with Crippen LogP contribution in [0.25, 0.3) is 17.0 Å². The van der Waals surface area contributed by atoms with Gasteiger partial charge in [-0.05, 0) is 48.0 Å². The van der Waals surface area contributed by atoms with Crippen LogP contribution >= 0.6 is 0 Å². The Kier molecular flexibility index (Phi) is 6.22. The Morgan fingerprint density at radius 3 is 2.66 bits per heavy atom. The third-order valence-corrected chi connectivity index (χ3v) is 4.82. The molecule has 4 aromatic rings. The lowest BCUT2D eigenvalue weighted by Crippen LogP contribution is -2.24. The zero-order chi connectivity index (χ0) is 22.3. The molecule has 8 nitrogen and oxygen atoms in total. The molecule has 2 heterocycles. The van der Waals surface area contributed by atoms with Crippen LogP contribution in [0.15, 0.2) is 84.1 Å². The van der Waals surface area contributed by atoms with Crippen molar-refractivity contribution in [1.29, 1.82) is 0 Å². The first-order chi connectivity index (χ1) is 15.6. The predicted octanol–water partition coefficient (Wildman–Crippen LogP) is 3.14. The molecule has 0 spiro atoms. The molecule has 0 atom stereocenters. The maximum absolute atomic E-state index is 12.5. The summed E-state index contributed by atoms with van der Waals surface area (Å²) in [4.78, 5) is 33.2. The molecule has 0 aliphatic rings. The van der Waals surface area contributed by atoms with Crippen LogP contribution < -0.4 is 21.9 Å². The van der Waals surface area contributed by atoms with E-state index in [1.54, 1.807) is 53.5 Å². The minimum Gasteiger partial charge on any atom is -0.397 e. The Morgan fingerprint density at radius 2 is 1.84 bits per heavy atom. The number of benzene rings is 2. The zero-order valence-corrected chi connectivity index (χ0v) is 17.2. The van der Waals surface area contributed by atoms with Crippen LogP contribution in [0.4, 0.5) is 17.2 Å². The summed E-state index contributed by atoms with van der Waals surface area (Å²) in [7, 11) is 0. The minimum atomic E-state index is -0.278. The number of aromatic nitrogens is 3. The molecule has 160 valence electrons. The number of nitrogen functional groups attached to an aromatic ring is 1. The second kappa shape index (κ2) is 9.57. The second-order valence-electron chi connectivity index (χ2n) is 7.07. The summed E-state index contributed by atoms with van der Waals surface area (Å²) in [6.45, 7) is 0.978. The van der Waals surface area contributed by atoms with Gasteiger partial charge in [0.1, 0.15) is 5.82 Å². The molecule has 4 rings (SSSR count). The van der Waals surface area contributed by atoms with E-state index in [0.717, 1.165) is 5.56 Å². The topological polar surface area (TPSA) is 115 Å². The number of para-hydroxylation sites is 3. The van der Waals surface area contributed by atoms with E-state index in [4.69, 9.17) is 5.73 Å². The molecular weight excluding hydrogens is 404 g/mol. The molecule has 32 heavy (non-hydrogen) atoms. The van der Waals surface area contributed by atoms with Crippen molar-refractivity contribution in [2.24, 2.45) is 0 Å². The van der Waals surface area contributed by atoms with Gasteiger partial charge in [-0.2, -0.15) is 0 Å². The van der Waals surface area contributed by atoms with Crippen LogP contribution in [0.5, 0.6) is 0 Å². The van der Waals surface area contributed by atoms with Crippen molar-refractivity contribution in [3.8, 4) is 0 Å². The average Bonchev–Trinajstić information content (AvgIpc) is 2.82. The highest BCUT2D eigenvalue weighted by molar-refractivity contribution is 6.03. The van der Waals surface area contributed by atoms with Gasteiger partial charge in [-0.15, -0.1) is 0 Å². The largest absolute Gasteiger partial charge is 0.397 e. The summed E-state index contributed by atoms with van der Waals surface area (Å²) in [6, 6.07) is 18.0. The molecular formula is C24H22N6O2. The van der Waals surface area contributed by atoms with Crippen molar-refractivity contribution < 1.29 is 4.79 Å². The zero-order valence-electron chi connectivity index (χ0n) is 17.2. The number of carbonyl (C=O) groups is 1. The number of hydrogen-bond acceptors (Lipinski definition) is 6. The lowest BCUT2D eigenvalue weighted by Gasteiger charge is -2.08. The van der Waals surface area contributed by atoms with Crippen molar-refractivity contribution >= 4 is 40.1 Å². The predicted molar refractivity (Wildman–Crippen MR) is 127 cm³/mol. The van der Waals surface area contributed by atoms with Crippen LogP contribution in [0.1, 0.15) is 5.56 Å². The first-order valence-electron chi connectivity index (χ1n) is 10.1. The summed E-state index contributed by atoms with van der Waals surface area (Å²) in [5.74, 6) is 0.394. The van der Waals surface area contributed by atoms with Crippen LogP contribution in [0, 0.1) is 0 Å². The van der Waals surface area contributed by atoms with Crippen LogP contribution in [-0.2, 0) is 11.3 Å². The monoisotopic (exact) mass is 426 g/mol. The number of hydrogen-bond donors (Lipinski definition) is 3. The van der Waals surface area contributed by atoms with E-state index >= 15 is 0 Å². The summed E-state index contributed by atoms with van der Waals surface area (Å²) < 4.78 is 1.57. The van der Waals surface area contributed by atoms with E-state index in [9.17, 15) is 9.59 Å². The Bertz CT molecular complexity index is 1330. The maximum Gasteiger partial charge on any atom is 0.261 e. The van der Waals surface area contributed by atoms with E-state index in [-0.39, 0.29) is 11.5 Å². The average molecular weight is 426 g/mol. The van der Waals surface area contributed by atoms with Gasteiger partial charge in [0, 0.05) is 25.4 Å². The van der Waals surface area contributed by atoms with E-state index in [1.807, 2.05) is 30.3 Å². The number of fused-ring (bicyclic) bond motifs is 1. The van der Waals surface area contributed by atoms with Gasteiger partial charge in [0.2, 0.25) is 5.91 Å². The molecule has 0 saturated heterocycles. The van der Waals surface area contributed by atoms with Gasteiger partial charge >= 0.3 is 0 Å². The smallest absolute Gasteiger partial charge is 0.261 e. The lowest BCUT2D eigenvalue weighted by atomic mass is 10.2. The fourth-order valence-electron chi connectivity index (χ4n) is 3.14. The standard InChI is InChI=1S/C24H22N6O2/c25-19-6-2-4-8-21(19)29-23(31)12-10-17-9-11-22(27-15-17)26-13-14-30-16-28-20-7-3-1-5-18(20)24(30)32/h1-12,15-16H,13-14,25H2,(H,26,27)(H,29,31)/b12-10+. The van der Waals surface area contributed by atoms with Crippen molar-refractivity contribution in [1.82, 2.24) is 14.5 Å². The van der Waals surface area contributed by atoms with Gasteiger partial charge in [-0.3, -0.25) is 14.2 Å². The number of nitrogens with zero attached hydrogens (tertiary/aromatic N) is 3. The highest BCUT2D eigenvalue weighted by Gasteiger charge is 2.04.